The van der Waals surface area contributed by atoms with Gasteiger partial charge < -0.3 is 0 Å². The Hall–Kier alpha value is -1.12. The van der Waals surface area contributed by atoms with Gasteiger partial charge in [0.15, 0.2) is 6.29 Å². The van der Waals surface area contributed by atoms with Crippen molar-refractivity contribution in [2.75, 3.05) is 0 Å². The molecular formula is C10H16N2O. The Morgan fingerprint density at radius 1 is 1.54 bits per heavy atom. The van der Waals surface area contributed by atoms with Gasteiger partial charge in [-0.1, -0.05) is 20.8 Å². The van der Waals surface area contributed by atoms with Crippen molar-refractivity contribution in [3.05, 3.63) is 17.5 Å². The van der Waals surface area contributed by atoms with Crippen LogP contribution >= 0.6 is 0 Å². The highest BCUT2D eigenvalue weighted by Gasteiger charge is 2.13. The van der Waals surface area contributed by atoms with Crippen LogP contribution in [0.3, 0.4) is 0 Å². The summed E-state index contributed by atoms with van der Waals surface area (Å²) >= 11 is 0. The molecule has 0 saturated heterocycles. The lowest BCUT2D eigenvalue weighted by atomic mass is 9.97. The molecule has 1 aromatic heterocycles. The SMILES string of the molecule is Cc1nn(CC(C)(C)C)cc1C=O. The average Bonchev–Trinajstić information content (AvgIpc) is 2.26. The van der Waals surface area contributed by atoms with Crippen molar-refractivity contribution < 1.29 is 4.79 Å². The number of nitrogens with zero attached hydrogens (tertiary/aromatic N) is 2. The van der Waals surface area contributed by atoms with Gasteiger partial charge in [-0.25, -0.2) is 0 Å². The van der Waals surface area contributed by atoms with E-state index in [0.29, 0.717) is 5.56 Å². The highest BCUT2D eigenvalue weighted by molar-refractivity contribution is 5.75. The van der Waals surface area contributed by atoms with Crippen LogP contribution < -0.4 is 0 Å². The van der Waals surface area contributed by atoms with Crippen molar-refractivity contribution in [1.29, 1.82) is 0 Å². The van der Waals surface area contributed by atoms with Crippen LogP contribution in [-0.2, 0) is 6.54 Å². The Balaban J connectivity index is 2.85. The van der Waals surface area contributed by atoms with Crippen molar-refractivity contribution in [1.82, 2.24) is 9.78 Å². The number of hydrogen-bond acceptors (Lipinski definition) is 2. The highest BCUT2D eigenvalue weighted by Crippen LogP contribution is 2.16. The van der Waals surface area contributed by atoms with Crippen LogP contribution in [-0.4, -0.2) is 16.1 Å². The summed E-state index contributed by atoms with van der Waals surface area (Å²) in [6.07, 6.45) is 2.65. The molecule has 0 amide bonds. The Kier molecular flexibility index (Phi) is 2.55. The molecule has 0 unspecified atom stereocenters. The normalized spacial score (nSPS) is 11.7. The fourth-order valence-electron chi connectivity index (χ4n) is 1.22. The van der Waals surface area contributed by atoms with E-state index in [1.165, 1.54) is 0 Å². The zero-order valence-electron chi connectivity index (χ0n) is 8.66. The van der Waals surface area contributed by atoms with Crippen LogP contribution in [0.2, 0.25) is 0 Å². The molecule has 0 aliphatic heterocycles. The molecule has 0 N–H and O–H groups in total. The van der Waals surface area contributed by atoms with Gasteiger partial charge in [-0.3, -0.25) is 9.48 Å². The first-order chi connectivity index (χ1) is 5.92. The maximum atomic E-state index is 10.6. The first-order valence-electron chi connectivity index (χ1n) is 4.41. The van der Waals surface area contributed by atoms with Gasteiger partial charge in [-0.05, 0) is 12.3 Å². The molecule has 3 nitrogen and oxygen atoms in total. The Morgan fingerprint density at radius 2 is 2.15 bits per heavy atom. The van der Waals surface area contributed by atoms with Crippen LogP contribution in [0, 0.1) is 12.3 Å². The van der Waals surface area contributed by atoms with E-state index >= 15 is 0 Å². The highest BCUT2D eigenvalue weighted by atomic mass is 16.1. The van der Waals surface area contributed by atoms with Gasteiger partial charge in [-0.2, -0.15) is 5.10 Å². The van der Waals surface area contributed by atoms with Crippen molar-refractivity contribution in [2.24, 2.45) is 5.41 Å². The summed E-state index contributed by atoms with van der Waals surface area (Å²) in [7, 11) is 0. The zero-order valence-corrected chi connectivity index (χ0v) is 8.66. The van der Waals surface area contributed by atoms with E-state index in [9.17, 15) is 4.79 Å². The molecule has 72 valence electrons. The van der Waals surface area contributed by atoms with E-state index in [1.54, 1.807) is 6.20 Å². The average molecular weight is 180 g/mol. The standard InChI is InChI=1S/C10H16N2O/c1-8-9(6-13)5-12(11-8)7-10(2,3)4/h5-6H,7H2,1-4H3. The van der Waals surface area contributed by atoms with E-state index < -0.39 is 0 Å². The smallest absolute Gasteiger partial charge is 0.153 e. The summed E-state index contributed by atoms with van der Waals surface area (Å²) in [6.45, 7) is 9.12. The third-order valence-electron chi connectivity index (χ3n) is 1.75. The Labute approximate surface area is 78.8 Å². The molecule has 0 bridgehead atoms. The van der Waals surface area contributed by atoms with E-state index in [0.717, 1.165) is 18.5 Å². The summed E-state index contributed by atoms with van der Waals surface area (Å²) in [6, 6.07) is 0. The molecule has 0 spiro atoms. The summed E-state index contributed by atoms with van der Waals surface area (Å²) in [5.41, 5.74) is 1.68. The monoisotopic (exact) mass is 180 g/mol. The van der Waals surface area contributed by atoms with Gasteiger partial charge in [0.2, 0.25) is 0 Å². The maximum Gasteiger partial charge on any atom is 0.153 e. The molecule has 1 aromatic rings. The maximum absolute atomic E-state index is 10.6. The number of carbonyl (C=O) groups is 1. The first kappa shape index (κ1) is 9.96. The van der Waals surface area contributed by atoms with E-state index in [2.05, 4.69) is 25.9 Å². The van der Waals surface area contributed by atoms with Gasteiger partial charge >= 0.3 is 0 Å². The predicted molar refractivity (Wildman–Crippen MR) is 51.8 cm³/mol. The second kappa shape index (κ2) is 3.32. The zero-order chi connectivity index (χ0) is 10.1. The third-order valence-corrected chi connectivity index (χ3v) is 1.75. The van der Waals surface area contributed by atoms with Crippen LogP contribution in [0.4, 0.5) is 0 Å². The Morgan fingerprint density at radius 3 is 2.54 bits per heavy atom. The minimum Gasteiger partial charge on any atom is -0.298 e. The van der Waals surface area contributed by atoms with Crippen molar-refractivity contribution >= 4 is 6.29 Å². The van der Waals surface area contributed by atoms with E-state index in [4.69, 9.17) is 0 Å². The number of aromatic nitrogens is 2. The molecule has 3 heteroatoms. The molecule has 1 heterocycles. The molecule has 0 fully saturated rings. The number of carbonyl (C=O) groups excluding carboxylic acids is 1. The number of aryl methyl sites for hydroxylation is 1. The van der Waals surface area contributed by atoms with Gasteiger partial charge in [-0.15, -0.1) is 0 Å². The topological polar surface area (TPSA) is 34.9 Å². The summed E-state index contributed by atoms with van der Waals surface area (Å²) < 4.78 is 1.83. The fraction of sp³-hybridized carbons (Fsp3) is 0.600. The number of aldehydes is 1. The Bertz CT molecular complexity index is 307. The predicted octanol–water partition coefficient (Wildman–Crippen LogP) is 2.05. The van der Waals surface area contributed by atoms with Crippen LogP contribution in [0.25, 0.3) is 0 Å². The largest absolute Gasteiger partial charge is 0.298 e. The summed E-state index contributed by atoms with van der Waals surface area (Å²) in [4.78, 5) is 10.6. The number of hydrogen-bond donors (Lipinski definition) is 0. The van der Waals surface area contributed by atoms with E-state index in [1.807, 2.05) is 11.6 Å². The fourth-order valence-corrected chi connectivity index (χ4v) is 1.22. The van der Waals surface area contributed by atoms with Crippen LogP contribution in [0.5, 0.6) is 0 Å². The summed E-state index contributed by atoms with van der Waals surface area (Å²) in [5, 5.41) is 4.25. The van der Waals surface area contributed by atoms with Gasteiger partial charge in [0.05, 0.1) is 11.3 Å². The van der Waals surface area contributed by atoms with Crippen molar-refractivity contribution in [3.8, 4) is 0 Å². The molecule has 0 aliphatic carbocycles. The second-order valence-electron chi connectivity index (χ2n) is 4.55. The molecule has 0 aliphatic rings. The lowest BCUT2D eigenvalue weighted by Gasteiger charge is -2.17. The molecule has 13 heavy (non-hydrogen) atoms. The molecule has 0 atom stereocenters. The molecule has 0 aromatic carbocycles. The molecule has 0 saturated carbocycles. The van der Waals surface area contributed by atoms with E-state index in [-0.39, 0.29) is 5.41 Å². The van der Waals surface area contributed by atoms with Gasteiger partial charge in [0.1, 0.15) is 0 Å². The first-order valence-corrected chi connectivity index (χ1v) is 4.41. The molecule has 0 radical (unpaired) electrons. The second-order valence-corrected chi connectivity index (χ2v) is 4.55. The van der Waals surface area contributed by atoms with Gasteiger partial charge in [0, 0.05) is 12.7 Å². The van der Waals surface area contributed by atoms with Crippen molar-refractivity contribution in [2.45, 2.75) is 34.2 Å². The molecule has 1 rings (SSSR count). The lowest BCUT2D eigenvalue weighted by molar-refractivity contribution is 0.112. The van der Waals surface area contributed by atoms with Gasteiger partial charge in [0.25, 0.3) is 0 Å². The third kappa shape index (κ3) is 2.68. The number of rotatable bonds is 2. The lowest BCUT2D eigenvalue weighted by Crippen LogP contribution is -2.15. The van der Waals surface area contributed by atoms with Crippen LogP contribution in [0.15, 0.2) is 6.20 Å². The molecular weight excluding hydrogens is 164 g/mol. The minimum absolute atomic E-state index is 0.193. The van der Waals surface area contributed by atoms with Crippen molar-refractivity contribution in [3.63, 3.8) is 0 Å². The summed E-state index contributed by atoms with van der Waals surface area (Å²) in [5.74, 6) is 0. The minimum atomic E-state index is 0.193. The van der Waals surface area contributed by atoms with Crippen LogP contribution in [0.1, 0.15) is 36.8 Å². The quantitative estimate of drug-likeness (QED) is 0.653.